The summed E-state index contributed by atoms with van der Waals surface area (Å²) < 4.78 is 5.65. The lowest BCUT2D eigenvalue weighted by Crippen LogP contribution is -2.49. The third-order valence-corrected chi connectivity index (χ3v) is 6.40. The molecule has 35 heavy (non-hydrogen) atoms. The Morgan fingerprint density at radius 3 is 2.60 bits per heavy atom. The van der Waals surface area contributed by atoms with Crippen molar-refractivity contribution in [3.63, 3.8) is 0 Å². The van der Waals surface area contributed by atoms with Crippen molar-refractivity contribution in [1.29, 1.82) is 0 Å². The molecule has 1 aromatic heterocycles. The molecule has 3 aromatic rings. The van der Waals surface area contributed by atoms with Gasteiger partial charge in [0.2, 0.25) is 11.8 Å². The van der Waals surface area contributed by atoms with Crippen LogP contribution in [0.25, 0.3) is 10.9 Å². The predicted molar refractivity (Wildman–Crippen MR) is 133 cm³/mol. The van der Waals surface area contributed by atoms with Gasteiger partial charge in [-0.3, -0.25) is 9.59 Å². The van der Waals surface area contributed by atoms with Gasteiger partial charge < -0.3 is 25.7 Å². The molecular formula is C27H32N4O4. The number of amides is 2. The number of fused-ring (bicyclic) bond motifs is 3. The van der Waals surface area contributed by atoms with Crippen molar-refractivity contribution in [1.82, 2.24) is 15.2 Å². The number of unbranched alkanes of at least 4 members (excludes halogenated alkanes) is 2. The molecule has 2 aromatic carbocycles. The minimum Gasteiger partial charge on any atom is -0.459 e. The Morgan fingerprint density at radius 2 is 1.80 bits per heavy atom. The van der Waals surface area contributed by atoms with E-state index < -0.39 is 6.04 Å². The molecular weight excluding hydrogens is 444 g/mol. The number of esters is 1. The fourth-order valence-electron chi connectivity index (χ4n) is 4.53. The summed E-state index contributed by atoms with van der Waals surface area (Å²) in [5.41, 5.74) is 9.23. The first-order valence-corrected chi connectivity index (χ1v) is 12.1. The second kappa shape index (κ2) is 11.7. The Morgan fingerprint density at radius 1 is 1.03 bits per heavy atom. The fraction of sp³-hybridized carbons (Fsp3) is 0.370. The van der Waals surface area contributed by atoms with E-state index in [1.165, 1.54) is 0 Å². The minimum atomic E-state index is -0.665. The van der Waals surface area contributed by atoms with Crippen LogP contribution >= 0.6 is 0 Å². The van der Waals surface area contributed by atoms with Crippen LogP contribution in [0.1, 0.15) is 42.5 Å². The molecule has 4 N–H and O–H groups in total. The normalized spacial score (nSPS) is 15.0. The van der Waals surface area contributed by atoms with E-state index >= 15 is 0 Å². The zero-order valence-electron chi connectivity index (χ0n) is 19.8. The lowest BCUT2D eigenvalue weighted by molar-refractivity contribution is -0.157. The van der Waals surface area contributed by atoms with E-state index in [-0.39, 0.29) is 30.9 Å². The molecule has 4 rings (SSSR count). The first kappa shape index (κ1) is 24.5. The molecule has 184 valence electrons. The lowest BCUT2D eigenvalue weighted by atomic mass is 9.96. The van der Waals surface area contributed by atoms with Gasteiger partial charge in [0.1, 0.15) is 12.6 Å². The van der Waals surface area contributed by atoms with Crippen LogP contribution in [0.4, 0.5) is 0 Å². The third-order valence-electron chi connectivity index (χ3n) is 6.40. The zero-order chi connectivity index (χ0) is 24.6. The van der Waals surface area contributed by atoms with Crippen LogP contribution in [0.2, 0.25) is 0 Å². The summed E-state index contributed by atoms with van der Waals surface area (Å²) in [6, 6.07) is 16.9. The van der Waals surface area contributed by atoms with Gasteiger partial charge in [-0.2, -0.15) is 0 Å². The SMILES string of the molecule is NCC(=O)NCCCCCC(=O)N1Cc2[nH]c3ccccc3c2C[C@H]1C(=O)OCc1ccccc1. The highest BCUT2D eigenvalue weighted by Gasteiger charge is 2.37. The molecule has 2 amide bonds. The minimum absolute atomic E-state index is 0.0229. The first-order valence-electron chi connectivity index (χ1n) is 12.1. The number of nitrogens with two attached hydrogens (primary N) is 1. The monoisotopic (exact) mass is 476 g/mol. The number of hydrogen-bond acceptors (Lipinski definition) is 5. The highest BCUT2D eigenvalue weighted by atomic mass is 16.5. The predicted octanol–water partition coefficient (Wildman–Crippen LogP) is 2.80. The summed E-state index contributed by atoms with van der Waals surface area (Å²) in [5.74, 6) is -0.634. The van der Waals surface area contributed by atoms with Gasteiger partial charge in [0.25, 0.3) is 0 Å². The molecule has 8 nitrogen and oxygen atoms in total. The van der Waals surface area contributed by atoms with Crippen LogP contribution in [0.15, 0.2) is 54.6 Å². The number of ether oxygens (including phenoxy) is 1. The molecule has 0 unspecified atom stereocenters. The Labute approximate surface area is 204 Å². The Hall–Kier alpha value is -3.65. The van der Waals surface area contributed by atoms with Crippen molar-refractivity contribution in [3.8, 4) is 0 Å². The number of rotatable bonds is 10. The summed E-state index contributed by atoms with van der Waals surface area (Å²) in [4.78, 5) is 42.7. The van der Waals surface area contributed by atoms with E-state index in [9.17, 15) is 14.4 Å². The molecule has 0 spiro atoms. The zero-order valence-corrected chi connectivity index (χ0v) is 19.8. The molecule has 0 fully saturated rings. The number of benzene rings is 2. The molecule has 1 atom stereocenters. The van der Waals surface area contributed by atoms with Crippen molar-refractivity contribution in [3.05, 3.63) is 71.4 Å². The van der Waals surface area contributed by atoms with Crippen molar-refractivity contribution in [2.75, 3.05) is 13.1 Å². The molecule has 1 aliphatic heterocycles. The maximum atomic E-state index is 13.2. The maximum absolute atomic E-state index is 13.2. The van der Waals surface area contributed by atoms with E-state index in [0.29, 0.717) is 32.4 Å². The van der Waals surface area contributed by atoms with E-state index in [2.05, 4.69) is 10.3 Å². The number of aromatic nitrogens is 1. The van der Waals surface area contributed by atoms with Crippen LogP contribution in [-0.4, -0.2) is 46.8 Å². The molecule has 0 saturated carbocycles. The number of aromatic amines is 1. The number of para-hydroxylation sites is 1. The average molecular weight is 477 g/mol. The number of nitrogens with one attached hydrogen (secondary N) is 2. The van der Waals surface area contributed by atoms with Crippen molar-refractivity contribution >= 4 is 28.7 Å². The molecule has 8 heteroatoms. The number of hydrogen-bond donors (Lipinski definition) is 3. The summed E-state index contributed by atoms with van der Waals surface area (Å²) >= 11 is 0. The van der Waals surface area contributed by atoms with Gasteiger partial charge in [-0.25, -0.2) is 4.79 Å². The van der Waals surface area contributed by atoms with Crippen LogP contribution in [0.3, 0.4) is 0 Å². The van der Waals surface area contributed by atoms with Crippen LogP contribution < -0.4 is 11.1 Å². The summed E-state index contributed by atoms with van der Waals surface area (Å²) in [5, 5.41) is 3.81. The van der Waals surface area contributed by atoms with Crippen LogP contribution in [0, 0.1) is 0 Å². The molecule has 2 heterocycles. The third kappa shape index (κ3) is 6.08. The van der Waals surface area contributed by atoms with Gasteiger partial charge in [-0.15, -0.1) is 0 Å². The van der Waals surface area contributed by atoms with Gasteiger partial charge in [0.05, 0.1) is 13.1 Å². The van der Waals surface area contributed by atoms with E-state index in [4.69, 9.17) is 10.5 Å². The van der Waals surface area contributed by atoms with Gasteiger partial charge in [0.15, 0.2) is 0 Å². The number of carbonyl (C=O) groups is 3. The molecule has 0 saturated heterocycles. The standard InChI is InChI=1S/C27H32N4O4/c28-16-25(32)29-14-8-2-5-13-26(33)31-17-23-21(20-11-6-7-12-22(20)30-23)15-24(31)27(34)35-18-19-9-3-1-4-10-19/h1,3-4,6-7,9-12,24,30H,2,5,8,13-18,28H2,(H,29,32)/t24-/m0/s1. The second-order valence-electron chi connectivity index (χ2n) is 8.83. The quantitative estimate of drug-likeness (QED) is 0.307. The van der Waals surface area contributed by atoms with E-state index in [1.807, 2.05) is 54.6 Å². The smallest absolute Gasteiger partial charge is 0.329 e. The van der Waals surface area contributed by atoms with Crippen LogP contribution in [0.5, 0.6) is 0 Å². The fourth-order valence-corrected chi connectivity index (χ4v) is 4.53. The number of H-pyrrole nitrogens is 1. The highest BCUT2D eigenvalue weighted by Crippen LogP contribution is 2.31. The maximum Gasteiger partial charge on any atom is 0.329 e. The number of carbonyl (C=O) groups excluding carboxylic acids is 3. The molecule has 0 aliphatic carbocycles. The lowest BCUT2D eigenvalue weighted by Gasteiger charge is -2.34. The summed E-state index contributed by atoms with van der Waals surface area (Å²) in [6.45, 7) is 1.04. The Bertz CT molecular complexity index is 1170. The van der Waals surface area contributed by atoms with Crippen molar-refractivity contribution in [2.45, 2.75) is 51.3 Å². The largest absolute Gasteiger partial charge is 0.459 e. The number of nitrogens with zero attached hydrogens (tertiary/aromatic N) is 1. The Balaban J connectivity index is 1.42. The second-order valence-corrected chi connectivity index (χ2v) is 8.83. The molecule has 1 aliphatic rings. The molecule has 0 radical (unpaired) electrons. The van der Waals surface area contributed by atoms with E-state index in [1.54, 1.807) is 4.90 Å². The van der Waals surface area contributed by atoms with E-state index in [0.717, 1.165) is 40.6 Å². The van der Waals surface area contributed by atoms with Crippen LogP contribution in [-0.2, 0) is 38.7 Å². The van der Waals surface area contributed by atoms with Crippen molar-refractivity contribution in [2.24, 2.45) is 5.73 Å². The molecule has 0 bridgehead atoms. The average Bonchev–Trinajstić information content (AvgIpc) is 3.26. The van der Waals surface area contributed by atoms with Gasteiger partial charge in [-0.05, 0) is 30.0 Å². The van der Waals surface area contributed by atoms with Crippen molar-refractivity contribution < 1.29 is 19.1 Å². The van der Waals surface area contributed by atoms with Gasteiger partial charge in [0, 0.05) is 36.0 Å². The van der Waals surface area contributed by atoms with Gasteiger partial charge in [-0.1, -0.05) is 55.0 Å². The van der Waals surface area contributed by atoms with Gasteiger partial charge >= 0.3 is 5.97 Å². The highest BCUT2D eigenvalue weighted by molar-refractivity contribution is 5.89. The summed E-state index contributed by atoms with van der Waals surface area (Å²) in [7, 11) is 0. The summed E-state index contributed by atoms with van der Waals surface area (Å²) in [6.07, 6.45) is 3.00. The Kier molecular flexibility index (Phi) is 8.15. The first-order chi connectivity index (χ1) is 17.1. The topological polar surface area (TPSA) is 118 Å².